The Morgan fingerprint density at radius 3 is 2.20 bits per heavy atom. The van der Waals surface area contributed by atoms with Crippen LogP contribution in [0.1, 0.15) is 48.4 Å². The van der Waals surface area contributed by atoms with E-state index in [2.05, 4.69) is 25.3 Å². The quantitative estimate of drug-likeness (QED) is 0.107. The number of hydrogen-bond acceptors (Lipinski definition) is 11. The number of aliphatic hydroxyl groups is 1. The van der Waals surface area contributed by atoms with Crippen LogP contribution < -0.4 is 20.9 Å². The number of nitrogens with one attached hydrogen (secondary N) is 3. The molecule has 12 nitrogen and oxygen atoms in total. The molecular formula is C35H44N6O6S2. The summed E-state index contributed by atoms with van der Waals surface area (Å²) in [6.07, 6.45) is 0.172. The second-order valence-electron chi connectivity index (χ2n) is 12.3. The molecule has 0 saturated carbocycles. The number of aryl methyl sites for hydroxylation is 1. The van der Waals surface area contributed by atoms with Gasteiger partial charge in [0.05, 0.1) is 16.7 Å². The van der Waals surface area contributed by atoms with Gasteiger partial charge >= 0.3 is 12.2 Å². The second kappa shape index (κ2) is 18.3. The summed E-state index contributed by atoms with van der Waals surface area (Å²) < 4.78 is 15.0. The Morgan fingerprint density at radius 1 is 0.918 bits per heavy atom. The fourth-order valence-electron chi connectivity index (χ4n) is 5.13. The van der Waals surface area contributed by atoms with Gasteiger partial charge < -0.3 is 30.1 Å². The van der Waals surface area contributed by atoms with E-state index in [0.717, 1.165) is 21.1 Å². The summed E-state index contributed by atoms with van der Waals surface area (Å²) in [4.78, 5) is 47.4. The molecule has 2 heterocycles. The predicted octanol–water partition coefficient (Wildman–Crippen LogP) is 5.28. The summed E-state index contributed by atoms with van der Waals surface area (Å²) in [6.45, 7) is 3.50. The summed E-state index contributed by atoms with van der Waals surface area (Å²) in [5, 5.41) is 22.5. The molecule has 2 aromatic carbocycles. The lowest BCUT2D eigenvalue weighted by Crippen LogP contribution is -2.66. The van der Waals surface area contributed by atoms with E-state index in [1.807, 2.05) is 79.7 Å². The van der Waals surface area contributed by atoms with Crippen molar-refractivity contribution in [2.45, 2.75) is 70.6 Å². The Labute approximate surface area is 295 Å². The van der Waals surface area contributed by atoms with Crippen molar-refractivity contribution in [3.8, 4) is 0 Å². The van der Waals surface area contributed by atoms with Gasteiger partial charge in [0, 0.05) is 38.5 Å². The maximum atomic E-state index is 14.1. The van der Waals surface area contributed by atoms with Crippen molar-refractivity contribution in [3.63, 3.8) is 0 Å². The van der Waals surface area contributed by atoms with Crippen LogP contribution in [0.4, 0.5) is 14.7 Å². The van der Waals surface area contributed by atoms with Crippen molar-refractivity contribution >= 4 is 46.1 Å². The van der Waals surface area contributed by atoms with Crippen LogP contribution in [-0.2, 0) is 40.3 Å². The van der Waals surface area contributed by atoms with E-state index >= 15 is 0 Å². The first-order valence-corrected chi connectivity index (χ1v) is 17.6. The minimum Gasteiger partial charge on any atom is -0.444 e. The Hall–Kier alpha value is -4.53. The van der Waals surface area contributed by atoms with E-state index in [0.29, 0.717) is 18.5 Å². The van der Waals surface area contributed by atoms with Crippen LogP contribution in [0.15, 0.2) is 78.3 Å². The third-order valence-electron chi connectivity index (χ3n) is 7.58. The number of hydrogen-bond donors (Lipinski definition) is 4. The molecule has 0 radical (unpaired) electrons. The Balaban J connectivity index is 1.55. The molecule has 0 aliphatic heterocycles. The zero-order valence-corrected chi connectivity index (χ0v) is 29.8. The molecule has 49 heavy (non-hydrogen) atoms. The second-order valence-corrected chi connectivity index (χ2v) is 14.0. The van der Waals surface area contributed by atoms with Gasteiger partial charge in [-0.1, -0.05) is 74.5 Å². The van der Waals surface area contributed by atoms with E-state index < -0.39 is 35.9 Å². The van der Waals surface area contributed by atoms with Crippen LogP contribution in [0.3, 0.4) is 0 Å². The highest BCUT2D eigenvalue weighted by Gasteiger charge is 2.39. The van der Waals surface area contributed by atoms with Gasteiger partial charge in [0.1, 0.15) is 24.9 Å². The van der Waals surface area contributed by atoms with Crippen LogP contribution in [0.5, 0.6) is 0 Å². The zero-order valence-electron chi connectivity index (χ0n) is 28.1. The topological polar surface area (TPSA) is 155 Å². The molecule has 0 saturated heterocycles. The van der Waals surface area contributed by atoms with Gasteiger partial charge in [-0.15, -0.1) is 11.3 Å². The first kappa shape index (κ1) is 37.3. The Kier molecular flexibility index (Phi) is 13.9. The molecule has 4 N–H and O–H groups in total. The van der Waals surface area contributed by atoms with Gasteiger partial charge in [-0.05, 0) is 47.5 Å². The van der Waals surface area contributed by atoms with Crippen LogP contribution in [0, 0.1) is 5.92 Å². The monoisotopic (exact) mass is 708 g/mol. The molecule has 2 aromatic heterocycles. The van der Waals surface area contributed by atoms with Crippen molar-refractivity contribution in [1.29, 1.82) is 0 Å². The summed E-state index contributed by atoms with van der Waals surface area (Å²) >= 11 is 2.63. The molecule has 0 bridgehead atoms. The Morgan fingerprint density at radius 2 is 1.59 bits per heavy atom. The largest absolute Gasteiger partial charge is 0.444 e. The molecule has 4 rings (SSSR count). The molecule has 3 atom stereocenters. The number of carbonyl (C=O) groups is 3. The minimum atomic E-state index is -1.50. The number of thiazole rings is 1. The number of alkyl carbamates (subject to hydrolysis) is 2. The lowest BCUT2D eigenvalue weighted by molar-refractivity contribution is -0.126. The van der Waals surface area contributed by atoms with Gasteiger partial charge in [0.2, 0.25) is 5.91 Å². The number of benzene rings is 2. The number of rotatable bonds is 17. The SMILES string of the molecule is CC(C)[C@H](NC(=O)OCc1csc(N(C)C)n1)C(=O)N[C@](Cc1ccccc1)(C[C@@H](O)CCc1ccccc1)NC(=O)OCc1ccns1. The average Bonchev–Trinajstić information content (AvgIpc) is 3.78. The summed E-state index contributed by atoms with van der Waals surface area (Å²) in [5.74, 6) is -0.924. The van der Waals surface area contributed by atoms with Crippen molar-refractivity contribution in [2.75, 3.05) is 19.0 Å². The van der Waals surface area contributed by atoms with Gasteiger partial charge in [0.25, 0.3) is 0 Å². The highest BCUT2D eigenvalue weighted by atomic mass is 32.1. The molecule has 0 aliphatic carbocycles. The normalized spacial score (nSPS) is 13.5. The van der Waals surface area contributed by atoms with Gasteiger partial charge in [-0.25, -0.2) is 18.9 Å². The first-order valence-electron chi connectivity index (χ1n) is 16.0. The van der Waals surface area contributed by atoms with E-state index in [1.165, 1.54) is 22.9 Å². The van der Waals surface area contributed by atoms with Crippen LogP contribution in [-0.4, -0.2) is 64.5 Å². The van der Waals surface area contributed by atoms with Gasteiger partial charge in [0.15, 0.2) is 5.13 Å². The number of nitrogens with zero attached hydrogens (tertiary/aromatic N) is 3. The molecule has 0 spiro atoms. The number of aliphatic hydroxyl groups excluding tert-OH is 1. The molecule has 3 amide bonds. The minimum absolute atomic E-state index is 0.0144. The fraction of sp³-hybridized carbons (Fsp3) is 0.400. The lowest BCUT2D eigenvalue weighted by Gasteiger charge is -2.38. The van der Waals surface area contributed by atoms with Gasteiger partial charge in [-0.2, -0.15) is 0 Å². The van der Waals surface area contributed by atoms with Crippen molar-refractivity contribution in [1.82, 2.24) is 25.3 Å². The standard InChI is InChI=1S/C35H44N6O6S2/c1-24(2)30(38-33(44)46-21-27-23-48-32(37-27)41(3)4)31(43)39-35(19-26-13-9-6-10-14-26,40-34(45)47-22-29-17-18-36-49-29)20-28(42)16-15-25-11-7-5-8-12-25/h5-14,17-18,23-24,28,30,42H,15-16,19-22H2,1-4H3,(H,38,44)(H,39,43)(H,40,45)/t28-,30-,35-/m0/s1. The van der Waals surface area contributed by atoms with Crippen molar-refractivity contribution in [3.05, 3.63) is 100 Å². The molecule has 14 heteroatoms. The van der Waals surface area contributed by atoms with Crippen molar-refractivity contribution in [2.24, 2.45) is 5.92 Å². The molecule has 0 aliphatic rings. The molecule has 0 unspecified atom stereocenters. The van der Waals surface area contributed by atoms with E-state index in [4.69, 9.17) is 9.47 Å². The van der Waals surface area contributed by atoms with E-state index in [9.17, 15) is 19.5 Å². The smallest absolute Gasteiger partial charge is 0.409 e. The fourth-order valence-corrected chi connectivity index (χ4v) is 6.36. The number of anilines is 1. The molecular weight excluding hydrogens is 665 g/mol. The third-order valence-corrected chi connectivity index (χ3v) is 9.35. The first-order chi connectivity index (χ1) is 23.5. The molecule has 0 fully saturated rings. The van der Waals surface area contributed by atoms with Gasteiger partial charge in [-0.3, -0.25) is 10.1 Å². The summed E-state index contributed by atoms with van der Waals surface area (Å²) in [7, 11) is 3.75. The predicted molar refractivity (Wildman–Crippen MR) is 190 cm³/mol. The Bertz CT molecular complexity index is 1600. The van der Waals surface area contributed by atoms with E-state index in [1.54, 1.807) is 31.5 Å². The third kappa shape index (κ3) is 12.1. The number of amides is 3. The lowest BCUT2D eigenvalue weighted by atomic mass is 9.90. The highest BCUT2D eigenvalue weighted by Crippen LogP contribution is 2.22. The van der Waals surface area contributed by atoms with Crippen LogP contribution in [0.2, 0.25) is 0 Å². The maximum absolute atomic E-state index is 14.1. The summed E-state index contributed by atoms with van der Waals surface area (Å²) in [5.41, 5.74) is 0.937. The summed E-state index contributed by atoms with van der Waals surface area (Å²) in [6, 6.07) is 19.8. The van der Waals surface area contributed by atoms with E-state index in [-0.39, 0.29) is 32.0 Å². The average molecular weight is 709 g/mol. The highest BCUT2D eigenvalue weighted by molar-refractivity contribution is 7.13. The van der Waals surface area contributed by atoms with Crippen LogP contribution in [0.25, 0.3) is 0 Å². The van der Waals surface area contributed by atoms with Crippen LogP contribution >= 0.6 is 22.9 Å². The maximum Gasteiger partial charge on any atom is 0.409 e. The number of ether oxygens (including phenoxy) is 2. The molecule has 4 aromatic rings. The number of aromatic nitrogens is 2. The number of carbonyl (C=O) groups excluding carboxylic acids is 3. The zero-order chi connectivity index (χ0) is 35.2. The van der Waals surface area contributed by atoms with Crippen molar-refractivity contribution < 1.29 is 29.0 Å². The molecule has 262 valence electrons.